The van der Waals surface area contributed by atoms with E-state index in [1.54, 1.807) is 6.19 Å². The van der Waals surface area contributed by atoms with Gasteiger partial charge in [0, 0.05) is 6.42 Å². The minimum absolute atomic E-state index is 0.426. The largest absolute Gasteiger partial charge is 0.483 e. The third kappa shape index (κ3) is 3.43. The molecule has 0 saturated heterocycles. The second-order valence-electron chi connectivity index (χ2n) is 4.05. The highest BCUT2D eigenvalue weighted by Crippen LogP contribution is 2.19. The number of methoxy groups -OCH3 is 1. The van der Waals surface area contributed by atoms with Crippen LogP contribution >= 0.6 is 0 Å². The summed E-state index contributed by atoms with van der Waals surface area (Å²) in [6.07, 6.45) is 2.27. The number of benzene rings is 2. The molecule has 0 unspecified atom stereocenters. The fourth-order valence-corrected chi connectivity index (χ4v) is 1.83. The number of hydrogen-bond donors (Lipinski definition) is 0. The van der Waals surface area contributed by atoms with Gasteiger partial charge in [0.15, 0.2) is 0 Å². The Hall–Kier alpha value is -2.60. The van der Waals surface area contributed by atoms with Crippen molar-refractivity contribution in [2.24, 2.45) is 4.99 Å². The van der Waals surface area contributed by atoms with Crippen LogP contribution < -0.4 is 0 Å². The quantitative estimate of drug-likeness (QED) is 0.476. The van der Waals surface area contributed by atoms with E-state index in [0.29, 0.717) is 12.3 Å². The summed E-state index contributed by atoms with van der Waals surface area (Å²) < 4.78 is 5.04. The molecule has 0 aliphatic heterocycles. The Morgan fingerprint density at radius 1 is 1.05 bits per heavy atom. The van der Waals surface area contributed by atoms with E-state index < -0.39 is 0 Å². The molecule has 0 N–H and O–H groups in total. The molecule has 0 aliphatic rings. The summed E-state index contributed by atoms with van der Waals surface area (Å²) in [6, 6.07) is 18.4. The van der Waals surface area contributed by atoms with Crippen molar-refractivity contribution >= 4 is 5.90 Å². The zero-order valence-electron chi connectivity index (χ0n) is 10.7. The predicted octanol–water partition coefficient (Wildman–Crippen LogP) is 3.42. The first-order valence-corrected chi connectivity index (χ1v) is 5.97. The van der Waals surface area contributed by atoms with Gasteiger partial charge in [-0.1, -0.05) is 54.6 Å². The predicted molar refractivity (Wildman–Crippen MR) is 75.6 cm³/mol. The molecule has 0 amide bonds. The number of hydrogen-bond acceptors (Lipinski definition) is 3. The molecule has 0 aliphatic carbocycles. The van der Waals surface area contributed by atoms with E-state index >= 15 is 0 Å². The molecule has 3 nitrogen and oxygen atoms in total. The van der Waals surface area contributed by atoms with Crippen molar-refractivity contribution in [1.82, 2.24) is 0 Å². The van der Waals surface area contributed by atoms with Gasteiger partial charge in [-0.25, -0.2) is 0 Å². The lowest BCUT2D eigenvalue weighted by Crippen LogP contribution is -2.05. The van der Waals surface area contributed by atoms with Crippen molar-refractivity contribution in [3.05, 3.63) is 60.2 Å². The summed E-state index contributed by atoms with van der Waals surface area (Å²) in [4.78, 5) is 3.62. The van der Waals surface area contributed by atoms with Crippen LogP contribution in [-0.4, -0.2) is 13.0 Å². The lowest BCUT2D eigenvalue weighted by Gasteiger charge is -2.05. The summed E-state index contributed by atoms with van der Waals surface area (Å²) in [6.45, 7) is 0. The lowest BCUT2D eigenvalue weighted by atomic mass is 10.0. The van der Waals surface area contributed by atoms with Gasteiger partial charge < -0.3 is 4.74 Å². The summed E-state index contributed by atoms with van der Waals surface area (Å²) in [7, 11) is 1.52. The second-order valence-corrected chi connectivity index (χ2v) is 4.05. The Bertz CT molecular complexity index is 595. The molecule has 0 spiro atoms. The van der Waals surface area contributed by atoms with Crippen LogP contribution in [0.2, 0.25) is 0 Å². The maximum atomic E-state index is 8.52. The van der Waals surface area contributed by atoms with Gasteiger partial charge in [-0.2, -0.15) is 5.26 Å². The Kier molecular flexibility index (Phi) is 4.30. The van der Waals surface area contributed by atoms with Crippen molar-refractivity contribution < 1.29 is 4.74 Å². The van der Waals surface area contributed by atoms with Gasteiger partial charge in [0.05, 0.1) is 7.11 Å². The first kappa shape index (κ1) is 12.8. The highest BCUT2D eigenvalue weighted by Gasteiger charge is 2.02. The number of rotatable bonds is 3. The van der Waals surface area contributed by atoms with Crippen LogP contribution in [-0.2, 0) is 11.2 Å². The van der Waals surface area contributed by atoms with Gasteiger partial charge >= 0.3 is 0 Å². The minimum Gasteiger partial charge on any atom is -0.483 e. The molecule has 3 heteroatoms. The number of nitriles is 1. The number of aliphatic imine (C=N–C) groups is 1. The third-order valence-electron chi connectivity index (χ3n) is 2.83. The zero-order valence-corrected chi connectivity index (χ0v) is 10.7. The monoisotopic (exact) mass is 250 g/mol. The average molecular weight is 250 g/mol. The van der Waals surface area contributed by atoms with Gasteiger partial charge in [0.2, 0.25) is 12.1 Å². The Labute approximate surface area is 112 Å². The fourth-order valence-electron chi connectivity index (χ4n) is 1.83. The summed E-state index contributed by atoms with van der Waals surface area (Å²) in [5, 5.41) is 8.52. The molecule has 0 bridgehead atoms. The van der Waals surface area contributed by atoms with Crippen LogP contribution in [0, 0.1) is 11.5 Å². The van der Waals surface area contributed by atoms with Crippen LogP contribution in [0.25, 0.3) is 11.1 Å². The molecular weight excluding hydrogens is 236 g/mol. The summed E-state index contributed by atoms with van der Waals surface area (Å²) in [5.41, 5.74) is 3.42. The van der Waals surface area contributed by atoms with Crippen molar-refractivity contribution in [1.29, 1.82) is 5.26 Å². The minimum atomic E-state index is 0.426. The van der Waals surface area contributed by atoms with Gasteiger partial charge in [-0.3, -0.25) is 0 Å². The standard InChI is InChI=1S/C16H14N2O/c1-19-16(18-12-17)11-13-7-9-15(10-8-13)14-5-3-2-4-6-14/h2-10H,11H2,1H3. The molecular formula is C16H14N2O. The van der Waals surface area contributed by atoms with Crippen LogP contribution in [0.1, 0.15) is 5.56 Å². The van der Waals surface area contributed by atoms with Crippen LogP contribution in [0.15, 0.2) is 59.6 Å². The average Bonchev–Trinajstić information content (AvgIpc) is 2.48. The Balaban J connectivity index is 2.16. The summed E-state index contributed by atoms with van der Waals surface area (Å²) >= 11 is 0. The normalized spacial score (nSPS) is 10.8. The highest BCUT2D eigenvalue weighted by atomic mass is 16.5. The Morgan fingerprint density at radius 3 is 2.26 bits per heavy atom. The van der Waals surface area contributed by atoms with Crippen molar-refractivity contribution in [3.63, 3.8) is 0 Å². The first-order valence-electron chi connectivity index (χ1n) is 5.97. The molecule has 2 aromatic carbocycles. The Morgan fingerprint density at radius 2 is 1.68 bits per heavy atom. The van der Waals surface area contributed by atoms with Crippen LogP contribution in [0.4, 0.5) is 0 Å². The van der Waals surface area contributed by atoms with E-state index in [-0.39, 0.29) is 0 Å². The van der Waals surface area contributed by atoms with Gasteiger partial charge in [-0.15, -0.1) is 4.99 Å². The third-order valence-corrected chi connectivity index (χ3v) is 2.83. The van der Waals surface area contributed by atoms with Crippen molar-refractivity contribution in [2.45, 2.75) is 6.42 Å². The van der Waals surface area contributed by atoms with E-state index in [1.165, 1.54) is 18.2 Å². The molecule has 19 heavy (non-hydrogen) atoms. The van der Waals surface area contributed by atoms with Gasteiger partial charge in [-0.05, 0) is 16.7 Å². The molecule has 0 radical (unpaired) electrons. The second kappa shape index (κ2) is 6.36. The van der Waals surface area contributed by atoms with Crippen molar-refractivity contribution in [2.75, 3.05) is 7.11 Å². The molecule has 2 rings (SSSR count). The fraction of sp³-hybridized carbons (Fsp3) is 0.125. The van der Waals surface area contributed by atoms with Gasteiger partial charge in [0.1, 0.15) is 0 Å². The number of ether oxygens (including phenoxy) is 1. The van der Waals surface area contributed by atoms with E-state index in [9.17, 15) is 0 Å². The highest BCUT2D eigenvalue weighted by molar-refractivity contribution is 5.79. The smallest absolute Gasteiger partial charge is 0.208 e. The lowest BCUT2D eigenvalue weighted by molar-refractivity contribution is 0.394. The zero-order chi connectivity index (χ0) is 13.5. The maximum Gasteiger partial charge on any atom is 0.208 e. The molecule has 0 aromatic heterocycles. The van der Waals surface area contributed by atoms with Crippen LogP contribution in [0.3, 0.4) is 0 Å². The molecule has 0 atom stereocenters. The van der Waals surface area contributed by atoms with Gasteiger partial charge in [0.25, 0.3) is 0 Å². The molecule has 0 heterocycles. The molecule has 2 aromatic rings. The molecule has 0 saturated carbocycles. The maximum absolute atomic E-state index is 8.52. The van der Waals surface area contributed by atoms with Crippen LogP contribution in [0.5, 0.6) is 0 Å². The first-order chi connectivity index (χ1) is 9.33. The summed E-state index contributed by atoms with van der Waals surface area (Å²) in [5.74, 6) is 0.426. The van der Waals surface area contributed by atoms with Crippen molar-refractivity contribution in [3.8, 4) is 17.3 Å². The molecule has 0 fully saturated rings. The van der Waals surface area contributed by atoms with E-state index in [2.05, 4.69) is 29.3 Å². The number of nitrogens with zero attached hydrogens (tertiary/aromatic N) is 2. The van der Waals surface area contributed by atoms with E-state index in [4.69, 9.17) is 10.00 Å². The van der Waals surface area contributed by atoms with E-state index in [0.717, 1.165) is 5.56 Å². The molecule has 94 valence electrons. The topological polar surface area (TPSA) is 45.4 Å². The SMILES string of the molecule is COC(Cc1ccc(-c2ccccc2)cc1)=NC#N. The van der Waals surface area contributed by atoms with E-state index in [1.807, 2.05) is 30.3 Å².